The minimum atomic E-state index is -3.95. The molecule has 2 aromatic carbocycles. The van der Waals surface area contributed by atoms with Gasteiger partial charge in [0.15, 0.2) is 0 Å². The van der Waals surface area contributed by atoms with E-state index in [1.807, 2.05) is 39.0 Å². The number of nitrogens with one attached hydrogen (secondary N) is 1. The van der Waals surface area contributed by atoms with Gasteiger partial charge in [0.05, 0.1) is 23.6 Å². The van der Waals surface area contributed by atoms with Gasteiger partial charge in [-0.3, -0.25) is 4.79 Å². The van der Waals surface area contributed by atoms with Crippen LogP contribution < -0.4 is 14.4 Å². The molecule has 1 amide bonds. The Balaban J connectivity index is 1.44. The molecule has 0 radical (unpaired) electrons. The number of rotatable bonds is 2. The van der Waals surface area contributed by atoms with Gasteiger partial charge in [0.2, 0.25) is 10.0 Å². The second-order valence-electron chi connectivity index (χ2n) is 13.8. The smallest absolute Gasteiger partial charge is 0.264 e. The third kappa shape index (κ3) is 5.90. The molecule has 0 saturated heterocycles. The Hall–Kier alpha value is -2.55. The summed E-state index contributed by atoms with van der Waals surface area (Å²) in [5.41, 5.74) is 3.48. The zero-order chi connectivity index (χ0) is 31.2. The van der Waals surface area contributed by atoms with Crippen LogP contribution in [0.15, 0.2) is 48.6 Å². The highest BCUT2D eigenvalue weighted by Gasteiger charge is 2.44. The molecule has 0 unspecified atom stereocenters. The van der Waals surface area contributed by atoms with Crippen LogP contribution >= 0.6 is 11.6 Å². The van der Waals surface area contributed by atoms with E-state index in [9.17, 15) is 13.2 Å². The fraction of sp³-hybridized carbons (Fsp3) is 0.571. The zero-order valence-electron chi connectivity index (χ0n) is 26.2. The number of allylic oxidation sites excluding steroid dienone is 1. The molecule has 4 aliphatic rings. The Morgan fingerprint density at radius 3 is 2.70 bits per heavy atom. The Labute approximate surface area is 267 Å². The van der Waals surface area contributed by atoms with E-state index < -0.39 is 21.2 Å². The van der Waals surface area contributed by atoms with Crippen LogP contribution in [0.4, 0.5) is 5.69 Å². The molecule has 1 N–H and O–H groups in total. The normalized spacial score (nSPS) is 32.5. The van der Waals surface area contributed by atoms with Crippen LogP contribution in [0.25, 0.3) is 0 Å². The third-order valence-electron chi connectivity index (χ3n) is 10.6. The summed E-state index contributed by atoms with van der Waals surface area (Å²) in [6, 6.07) is 11.6. The molecule has 44 heavy (non-hydrogen) atoms. The molecule has 6 atom stereocenters. The first-order valence-corrected chi connectivity index (χ1v) is 18.0. The maximum Gasteiger partial charge on any atom is 0.264 e. The maximum absolute atomic E-state index is 13.6. The van der Waals surface area contributed by atoms with Crippen molar-refractivity contribution in [1.82, 2.24) is 4.72 Å². The van der Waals surface area contributed by atoms with Gasteiger partial charge in [-0.25, -0.2) is 13.1 Å². The van der Waals surface area contributed by atoms with Crippen molar-refractivity contribution in [2.24, 2.45) is 23.7 Å². The Morgan fingerprint density at radius 1 is 1.16 bits per heavy atom. The highest BCUT2D eigenvalue weighted by atomic mass is 35.5. The van der Waals surface area contributed by atoms with E-state index in [0.717, 1.165) is 61.7 Å². The molecule has 2 aliphatic heterocycles. The summed E-state index contributed by atoms with van der Waals surface area (Å²) >= 11 is 6.42. The number of hydrogen-bond donors (Lipinski definition) is 1. The predicted molar refractivity (Wildman–Crippen MR) is 175 cm³/mol. The summed E-state index contributed by atoms with van der Waals surface area (Å²) < 4.78 is 42.3. The van der Waals surface area contributed by atoms with E-state index in [4.69, 9.17) is 21.1 Å². The van der Waals surface area contributed by atoms with Crippen molar-refractivity contribution in [1.29, 1.82) is 0 Å². The van der Waals surface area contributed by atoms with Gasteiger partial charge in [-0.05, 0) is 104 Å². The van der Waals surface area contributed by atoms with Gasteiger partial charge in [0, 0.05) is 36.2 Å². The number of ether oxygens (including phenoxy) is 2. The van der Waals surface area contributed by atoms with Gasteiger partial charge in [-0.1, -0.05) is 50.6 Å². The molecule has 238 valence electrons. The second kappa shape index (κ2) is 12.3. The van der Waals surface area contributed by atoms with E-state index >= 15 is 0 Å². The van der Waals surface area contributed by atoms with E-state index in [1.54, 1.807) is 13.2 Å². The SMILES string of the molecule is CO[C@H]1/C=C\C[C@@H](C)[C@H](C(C)C)S(=O)(=O)NC(=O)c2ccc3c(c2)N(C[C@@H]2CC[C@H]21)C[C@@]1(CCCc2cc(Cl)ccc21)CO3. The molecule has 7 nitrogen and oxygen atoms in total. The monoisotopic (exact) mass is 640 g/mol. The van der Waals surface area contributed by atoms with E-state index in [1.165, 1.54) is 11.1 Å². The number of carbonyl (C=O) groups excluding carboxylic acids is 1. The fourth-order valence-electron chi connectivity index (χ4n) is 8.33. The van der Waals surface area contributed by atoms with Crippen molar-refractivity contribution in [2.75, 3.05) is 31.7 Å². The van der Waals surface area contributed by atoms with Gasteiger partial charge < -0.3 is 14.4 Å². The van der Waals surface area contributed by atoms with Gasteiger partial charge in [0.25, 0.3) is 5.91 Å². The minimum Gasteiger partial charge on any atom is -0.490 e. The summed E-state index contributed by atoms with van der Waals surface area (Å²) in [6.07, 6.45) is 9.97. The average Bonchev–Trinajstić information content (AvgIpc) is 3.10. The lowest BCUT2D eigenvalue weighted by molar-refractivity contribution is 0.0131. The highest BCUT2D eigenvalue weighted by Crippen LogP contribution is 2.47. The molecule has 6 rings (SSSR count). The van der Waals surface area contributed by atoms with Crippen molar-refractivity contribution in [3.63, 3.8) is 0 Å². The summed E-state index contributed by atoms with van der Waals surface area (Å²) in [6.45, 7) is 7.80. The number of carbonyl (C=O) groups is 1. The number of fused-ring (bicyclic) bond motifs is 4. The summed E-state index contributed by atoms with van der Waals surface area (Å²) in [7, 11) is -2.18. The first-order valence-electron chi connectivity index (χ1n) is 16.1. The van der Waals surface area contributed by atoms with Crippen LogP contribution in [0.2, 0.25) is 5.02 Å². The number of anilines is 1. The first-order chi connectivity index (χ1) is 21.0. The van der Waals surface area contributed by atoms with Gasteiger partial charge in [-0.2, -0.15) is 0 Å². The van der Waals surface area contributed by atoms with Gasteiger partial charge >= 0.3 is 0 Å². The predicted octanol–water partition coefficient (Wildman–Crippen LogP) is 6.53. The molecule has 2 heterocycles. The number of halogens is 1. The van der Waals surface area contributed by atoms with Crippen molar-refractivity contribution in [2.45, 2.75) is 76.1 Å². The van der Waals surface area contributed by atoms with Crippen LogP contribution in [0.5, 0.6) is 5.75 Å². The fourth-order valence-corrected chi connectivity index (χ4v) is 10.5. The van der Waals surface area contributed by atoms with Crippen molar-refractivity contribution in [3.05, 3.63) is 70.3 Å². The minimum absolute atomic E-state index is 0.0387. The quantitative estimate of drug-likeness (QED) is 0.376. The molecule has 9 heteroatoms. The molecule has 2 aliphatic carbocycles. The van der Waals surface area contributed by atoms with Crippen LogP contribution in [-0.2, 0) is 26.6 Å². The van der Waals surface area contributed by atoms with E-state index in [0.29, 0.717) is 30.4 Å². The van der Waals surface area contributed by atoms with Crippen LogP contribution in [-0.4, -0.2) is 52.5 Å². The van der Waals surface area contributed by atoms with Crippen LogP contribution in [0.3, 0.4) is 0 Å². The lowest BCUT2D eigenvalue weighted by Crippen LogP contribution is -2.49. The first kappa shape index (κ1) is 31.4. The largest absolute Gasteiger partial charge is 0.490 e. The lowest BCUT2D eigenvalue weighted by atomic mass is 9.68. The van der Waals surface area contributed by atoms with Crippen molar-refractivity contribution < 1.29 is 22.7 Å². The topological polar surface area (TPSA) is 84.9 Å². The molecule has 1 spiro atoms. The van der Waals surface area contributed by atoms with E-state index in [-0.39, 0.29) is 23.4 Å². The van der Waals surface area contributed by atoms with E-state index in [2.05, 4.69) is 33.9 Å². The van der Waals surface area contributed by atoms with Crippen LogP contribution in [0, 0.1) is 23.7 Å². The Kier molecular flexibility index (Phi) is 8.81. The number of sulfonamides is 1. The number of amides is 1. The number of benzene rings is 2. The maximum atomic E-state index is 13.6. The number of hydrogen-bond acceptors (Lipinski definition) is 6. The lowest BCUT2D eigenvalue weighted by Gasteiger charge is -2.46. The molecular formula is C35H45ClN2O5S. The number of methoxy groups -OCH3 is 1. The Bertz CT molecular complexity index is 1540. The van der Waals surface area contributed by atoms with Gasteiger partial charge in [0.1, 0.15) is 5.75 Å². The summed E-state index contributed by atoms with van der Waals surface area (Å²) in [5.74, 6) is 0.530. The summed E-state index contributed by atoms with van der Waals surface area (Å²) in [4.78, 5) is 16.0. The Morgan fingerprint density at radius 2 is 1.98 bits per heavy atom. The molecular weight excluding hydrogens is 596 g/mol. The summed E-state index contributed by atoms with van der Waals surface area (Å²) in [5, 5.41) is 0.0289. The number of nitrogens with zero attached hydrogens (tertiary/aromatic N) is 1. The molecule has 1 fully saturated rings. The molecule has 2 bridgehead atoms. The highest BCUT2D eigenvalue weighted by molar-refractivity contribution is 7.90. The average molecular weight is 641 g/mol. The number of aryl methyl sites for hydroxylation is 1. The standard InChI is InChI=1S/C35H45ClN2O5S/c1-22(2)33-23(3)7-5-9-31(42-4)28-13-10-26(28)19-38-20-35(16-6-8-24-17-27(36)12-14-29(24)35)21-43-32-15-11-25(18-30(32)38)34(39)37-44(33,40)41/h5,9,11-12,14-15,17-18,22-23,26,28,31,33H,6-8,10,13,16,19-21H2,1-4H3,(H,37,39)/b9-5-/t23-,26+,28-,31+,33+,35+/m1/s1. The van der Waals surface area contributed by atoms with Crippen molar-refractivity contribution >= 4 is 33.2 Å². The third-order valence-corrected chi connectivity index (χ3v) is 13.0. The molecule has 0 aromatic heterocycles. The molecule has 1 saturated carbocycles. The molecule has 2 aromatic rings. The second-order valence-corrected chi connectivity index (χ2v) is 16.1. The van der Waals surface area contributed by atoms with Crippen molar-refractivity contribution in [3.8, 4) is 5.75 Å². The zero-order valence-corrected chi connectivity index (χ0v) is 27.8. The van der Waals surface area contributed by atoms with Gasteiger partial charge in [-0.15, -0.1) is 0 Å². The van der Waals surface area contributed by atoms with Crippen LogP contribution in [0.1, 0.15) is 74.4 Å².